The molecule has 1 aromatic rings. The van der Waals surface area contributed by atoms with Gasteiger partial charge in [0.25, 0.3) is 0 Å². The summed E-state index contributed by atoms with van der Waals surface area (Å²) in [5.41, 5.74) is 1.07. The molecule has 1 heterocycles. The van der Waals surface area contributed by atoms with E-state index in [-0.39, 0.29) is 35.7 Å². The lowest BCUT2D eigenvalue weighted by atomic mass is 9.85. The normalized spacial score (nSPS) is 25.3. The van der Waals surface area contributed by atoms with Gasteiger partial charge in [0, 0.05) is 30.3 Å². The van der Waals surface area contributed by atoms with E-state index in [9.17, 15) is 9.59 Å². The molecule has 5 nitrogen and oxygen atoms in total. The van der Waals surface area contributed by atoms with E-state index in [1.807, 2.05) is 19.1 Å². The quantitative estimate of drug-likeness (QED) is 0.863. The molecule has 2 saturated carbocycles. The van der Waals surface area contributed by atoms with E-state index in [2.05, 4.69) is 15.6 Å². The first-order chi connectivity index (χ1) is 12.1. The van der Waals surface area contributed by atoms with Gasteiger partial charge in [0.1, 0.15) is 0 Å². The molecule has 0 aliphatic heterocycles. The summed E-state index contributed by atoms with van der Waals surface area (Å²) in [6.45, 7) is 2.00. The molecule has 0 unspecified atom stereocenters. The Bertz CT molecular complexity index is 576. The minimum absolute atomic E-state index is 0.00436. The summed E-state index contributed by atoms with van der Waals surface area (Å²) in [5, 5.41) is 6.32. The first kappa shape index (κ1) is 17.9. The van der Waals surface area contributed by atoms with E-state index in [0.717, 1.165) is 44.1 Å². The summed E-state index contributed by atoms with van der Waals surface area (Å²) < 4.78 is 0. The van der Waals surface area contributed by atoms with Crippen molar-refractivity contribution in [3.63, 3.8) is 0 Å². The molecule has 2 aliphatic rings. The van der Waals surface area contributed by atoms with Gasteiger partial charge in [-0.1, -0.05) is 12.8 Å². The van der Waals surface area contributed by atoms with E-state index in [0.29, 0.717) is 0 Å². The van der Waals surface area contributed by atoms with E-state index in [4.69, 9.17) is 0 Å². The highest BCUT2D eigenvalue weighted by Gasteiger charge is 2.30. The van der Waals surface area contributed by atoms with Gasteiger partial charge in [0.15, 0.2) is 0 Å². The van der Waals surface area contributed by atoms with Crippen LogP contribution in [0.5, 0.6) is 0 Å². The largest absolute Gasteiger partial charge is 0.353 e. The molecule has 5 heteroatoms. The highest BCUT2D eigenvalue weighted by atomic mass is 16.2. The summed E-state index contributed by atoms with van der Waals surface area (Å²) in [5.74, 6) is 0.646. The van der Waals surface area contributed by atoms with Gasteiger partial charge >= 0.3 is 0 Å². The monoisotopic (exact) mass is 343 g/mol. The number of hydrogen-bond acceptors (Lipinski definition) is 3. The molecule has 2 N–H and O–H groups in total. The number of aromatic nitrogens is 1. The van der Waals surface area contributed by atoms with Gasteiger partial charge in [0.2, 0.25) is 11.8 Å². The minimum Gasteiger partial charge on any atom is -0.353 e. The number of nitrogens with one attached hydrogen (secondary N) is 2. The van der Waals surface area contributed by atoms with Crippen LogP contribution in [0.2, 0.25) is 0 Å². The number of carbonyl (C=O) groups excluding carboxylic acids is 2. The number of nitrogens with zero attached hydrogens (tertiary/aromatic N) is 1. The zero-order valence-corrected chi connectivity index (χ0v) is 15.0. The maximum Gasteiger partial charge on any atom is 0.223 e. The van der Waals surface area contributed by atoms with Crippen molar-refractivity contribution in [3.05, 3.63) is 30.1 Å². The molecule has 136 valence electrons. The van der Waals surface area contributed by atoms with Crippen LogP contribution in [0.15, 0.2) is 24.5 Å². The highest BCUT2D eigenvalue weighted by Crippen LogP contribution is 2.28. The fourth-order valence-electron chi connectivity index (χ4n) is 4.07. The summed E-state index contributed by atoms with van der Waals surface area (Å²) in [4.78, 5) is 28.8. The van der Waals surface area contributed by atoms with Crippen LogP contribution in [0.3, 0.4) is 0 Å². The third kappa shape index (κ3) is 4.80. The fraction of sp³-hybridized carbons (Fsp3) is 0.650. The molecule has 1 aromatic heterocycles. The SMILES string of the molecule is C[C@H](NC(=O)C1CCC(NC(=O)C2CCCC2)CC1)c1ccncc1. The molecule has 2 amide bonds. The molecule has 0 spiro atoms. The van der Waals surface area contributed by atoms with Crippen molar-refractivity contribution in [2.24, 2.45) is 11.8 Å². The lowest BCUT2D eigenvalue weighted by Crippen LogP contribution is -2.42. The molecule has 1 atom stereocenters. The Morgan fingerprint density at radius 3 is 2.20 bits per heavy atom. The molecule has 0 saturated heterocycles. The summed E-state index contributed by atoms with van der Waals surface area (Å²) in [6.07, 6.45) is 11.4. The van der Waals surface area contributed by atoms with Crippen molar-refractivity contribution in [1.82, 2.24) is 15.6 Å². The van der Waals surface area contributed by atoms with Gasteiger partial charge in [-0.25, -0.2) is 0 Å². The van der Waals surface area contributed by atoms with Crippen molar-refractivity contribution in [2.45, 2.75) is 70.4 Å². The standard InChI is InChI=1S/C20H29N3O2/c1-14(15-10-12-21-13-11-15)22-19(24)17-6-8-18(9-7-17)23-20(25)16-4-2-3-5-16/h10-14,16-18H,2-9H2,1H3,(H,22,24)(H,23,25)/t14-,17?,18?/m0/s1. The zero-order chi connectivity index (χ0) is 17.6. The molecule has 2 aliphatic carbocycles. The summed E-state index contributed by atoms with van der Waals surface area (Å²) in [7, 11) is 0. The van der Waals surface area contributed by atoms with Crippen LogP contribution in [-0.4, -0.2) is 22.8 Å². The van der Waals surface area contributed by atoms with Crippen LogP contribution in [-0.2, 0) is 9.59 Å². The number of amides is 2. The first-order valence-corrected chi connectivity index (χ1v) is 9.64. The second kappa shape index (κ2) is 8.45. The Kier molecular flexibility index (Phi) is 6.05. The maximum absolute atomic E-state index is 12.5. The third-order valence-corrected chi connectivity index (χ3v) is 5.74. The van der Waals surface area contributed by atoms with Gasteiger partial charge in [-0.3, -0.25) is 14.6 Å². The zero-order valence-electron chi connectivity index (χ0n) is 15.0. The van der Waals surface area contributed by atoms with Crippen LogP contribution >= 0.6 is 0 Å². The Morgan fingerprint density at radius 1 is 0.960 bits per heavy atom. The number of rotatable bonds is 5. The van der Waals surface area contributed by atoms with E-state index < -0.39 is 0 Å². The molecule has 3 rings (SSSR count). The van der Waals surface area contributed by atoms with Gasteiger partial charge in [-0.05, 0) is 63.1 Å². The van der Waals surface area contributed by atoms with Crippen molar-refractivity contribution < 1.29 is 9.59 Å². The smallest absolute Gasteiger partial charge is 0.223 e. The third-order valence-electron chi connectivity index (χ3n) is 5.74. The molecule has 0 aromatic carbocycles. The predicted octanol–water partition coefficient (Wildman–Crippen LogP) is 3.12. The minimum atomic E-state index is -0.00436. The molecule has 0 bridgehead atoms. The Hall–Kier alpha value is -1.91. The Morgan fingerprint density at radius 2 is 1.56 bits per heavy atom. The van der Waals surface area contributed by atoms with Gasteiger partial charge < -0.3 is 10.6 Å². The average Bonchev–Trinajstić information content (AvgIpc) is 3.18. The maximum atomic E-state index is 12.5. The van der Waals surface area contributed by atoms with Crippen molar-refractivity contribution >= 4 is 11.8 Å². The summed E-state index contributed by atoms with van der Waals surface area (Å²) >= 11 is 0. The topological polar surface area (TPSA) is 71.1 Å². The highest BCUT2D eigenvalue weighted by molar-refractivity contribution is 5.80. The van der Waals surface area contributed by atoms with Crippen molar-refractivity contribution in [1.29, 1.82) is 0 Å². The van der Waals surface area contributed by atoms with Crippen LogP contribution in [0, 0.1) is 11.8 Å². The average molecular weight is 343 g/mol. The molecule has 25 heavy (non-hydrogen) atoms. The van der Waals surface area contributed by atoms with E-state index in [1.54, 1.807) is 12.4 Å². The van der Waals surface area contributed by atoms with Crippen molar-refractivity contribution in [3.8, 4) is 0 Å². The van der Waals surface area contributed by atoms with Gasteiger partial charge in [0.05, 0.1) is 6.04 Å². The van der Waals surface area contributed by atoms with Crippen LogP contribution < -0.4 is 10.6 Å². The lowest BCUT2D eigenvalue weighted by molar-refractivity contribution is -0.127. The summed E-state index contributed by atoms with van der Waals surface area (Å²) in [6, 6.07) is 4.10. The second-order valence-electron chi connectivity index (χ2n) is 7.55. The number of carbonyl (C=O) groups is 2. The van der Waals surface area contributed by atoms with E-state index in [1.165, 1.54) is 12.8 Å². The molecular formula is C20H29N3O2. The molecular weight excluding hydrogens is 314 g/mol. The second-order valence-corrected chi connectivity index (χ2v) is 7.55. The van der Waals surface area contributed by atoms with Crippen LogP contribution in [0.25, 0.3) is 0 Å². The van der Waals surface area contributed by atoms with E-state index >= 15 is 0 Å². The Labute approximate surface area is 150 Å². The fourth-order valence-corrected chi connectivity index (χ4v) is 4.07. The van der Waals surface area contributed by atoms with Crippen molar-refractivity contribution in [2.75, 3.05) is 0 Å². The molecule has 0 radical (unpaired) electrons. The number of hydrogen-bond donors (Lipinski definition) is 2. The van der Waals surface area contributed by atoms with Crippen LogP contribution in [0.1, 0.15) is 69.9 Å². The predicted molar refractivity (Wildman–Crippen MR) is 96.6 cm³/mol. The lowest BCUT2D eigenvalue weighted by Gasteiger charge is -2.30. The Balaban J connectivity index is 1.42. The van der Waals surface area contributed by atoms with Crippen LogP contribution in [0.4, 0.5) is 0 Å². The first-order valence-electron chi connectivity index (χ1n) is 9.64. The van der Waals surface area contributed by atoms with Gasteiger partial charge in [-0.2, -0.15) is 0 Å². The number of pyridine rings is 1. The van der Waals surface area contributed by atoms with Gasteiger partial charge in [-0.15, -0.1) is 0 Å². The molecule has 2 fully saturated rings.